The summed E-state index contributed by atoms with van der Waals surface area (Å²) in [5.74, 6) is -1.51. The molecule has 1 saturated heterocycles. The van der Waals surface area contributed by atoms with Crippen LogP contribution in [-0.2, 0) is 14.3 Å². The fraction of sp³-hybridized carbons (Fsp3) is 0.286. The summed E-state index contributed by atoms with van der Waals surface area (Å²) in [4.78, 5) is 23.1. The molecule has 1 aliphatic heterocycles. The standard InChI is InChI=1S/C14H14BrNO4/c15-11-4-1-10(2-5-11)3-6-12(17)16-14(13(18)19)7-8-20-9-14/h1-6H,7-9H2,(H,16,17)(H,18,19). The molecule has 2 rings (SSSR count). The second kappa shape index (κ2) is 6.19. The van der Waals surface area contributed by atoms with Crippen LogP contribution in [0.3, 0.4) is 0 Å². The van der Waals surface area contributed by atoms with Gasteiger partial charge in [0.2, 0.25) is 5.91 Å². The third-order valence-electron chi connectivity index (χ3n) is 3.09. The Morgan fingerprint density at radius 2 is 2.05 bits per heavy atom. The molecular formula is C14H14BrNO4. The SMILES string of the molecule is O=C(C=Cc1ccc(Br)cc1)NC1(C(=O)O)CCOC1. The van der Waals surface area contributed by atoms with E-state index in [1.54, 1.807) is 6.08 Å². The Labute approximate surface area is 124 Å². The van der Waals surface area contributed by atoms with E-state index < -0.39 is 17.4 Å². The normalized spacial score (nSPS) is 22.1. The highest BCUT2D eigenvalue weighted by Crippen LogP contribution is 2.19. The van der Waals surface area contributed by atoms with Crippen molar-refractivity contribution in [3.63, 3.8) is 0 Å². The predicted octanol–water partition coefficient (Wildman–Crippen LogP) is 1.82. The van der Waals surface area contributed by atoms with Gasteiger partial charge >= 0.3 is 5.97 Å². The molecular weight excluding hydrogens is 326 g/mol. The number of nitrogens with one attached hydrogen (secondary N) is 1. The molecule has 0 bridgehead atoms. The molecule has 0 spiro atoms. The summed E-state index contributed by atoms with van der Waals surface area (Å²) in [5.41, 5.74) is -0.448. The lowest BCUT2D eigenvalue weighted by atomic mass is 9.99. The zero-order chi connectivity index (χ0) is 14.6. The van der Waals surface area contributed by atoms with E-state index in [9.17, 15) is 14.7 Å². The number of carbonyl (C=O) groups excluding carboxylic acids is 1. The van der Waals surface area contributed by atoms with Crippen LogP contribution in [0.2, 0.25) is 0 Å². The molecule has 0 aliphatic carbocycles. The van der Waals surface area contributed by atoms with Crippen molar-refractivity contribution in [1.29, 1.82) is 0 Å². The first-order valence-corrected chi connectivity index (χ1v) is 6.88. The number of rotatable bonds is 4. The largest absolute Gasteiger partial charge is 0.479 e. The van der Waals surface area contributed by atoms with Crippen LogP contribution in [0.1, 0.15) is 12.0 Å². The van der Waals surface area contributed by atoms with Gasteiger partial charge in [-0.1, -0.05) is 28.1 Å². The Balaban J connectivity index is 2.01. The van der Waals surface area contributed by atoms with Gasteiger partial charge in [-0.3, -0.25) is 4.79 Å². The third kappa shape index (κ3) is 3.46. The minimum Gasteiger partial charge on any atom is -0.479 e. The predicted molar refractivity (Wildman–Crippen MR) is 77.1 cm³/mol. The van der Waals surface area contributed by atoms with E-state index >= 15 is 0 Å². The topological polar surface area (TPSA) is 75.6 Å². The molecule has 1 heterocycles. The van der Waals surface area contributed by atoms with E-state index in [-0.39, 0.29) is 13.0 Å². The van der Waals surface area contributed by atoms with Crippen molar-refractivity contribution >= 4 is 33.9 Å². The summed E-state index contributed by atoms with van der Waals surface area (Å²) in [6.45, 7) is 0.337. The number of aliphatic carboxylic acids is 1. The van der Waals surface area contributed by atoms with Crippen LogP contribution in [0.15, 0.2) is 34.8 Å². The Morgan fingerprint density at radius 1 is 1.35 bits per heavy atom. The van der Waals surface area contributed by atoms with Crippen LogP contribution in [0.4, 0.5) is 0 Å². The lowest BCUT2D eigenvalue weighted by Crippen LogP contribution is -2.54. The van der Waals surface area contributed by atoms with Crippen molar-refractivity contribution < 1.29 is 19.4 Å². The summed E-state index contributed by atoms with van der Waals surface area (Å²) < 4.78 is 6.02. The fourth-order valence-electron chi connectivity index (χ4n) is 1.91. The lowest BCUT2D eigenvalue weighted by Gasteiger charge is -2.22. The molecule has 1 aromatic rings. The Morgan fingerprint density at radius 3 is 2.60 bits per heavy atom. The van der Waals surface area contributed by atoms with E-state index in [0.29, 0.717) is 6.61 Å². The number of amides is 1. The molecule has 5 nitrogen and oxygen atoms in total. The first-order chi connectivity index (χ1) is 9.52. The van der Waals surface area contributed by atoms with Crippen molar-refractivity contribution in [3.8, 4) is 0 Å². The molecule has 1 atom stereocenters. The van der Waals surface area contributed by atoms with Crippen LogP contribution in [0, 0.1) is 0 Å². The molecule has 1 fully saturated rings. The van der Waals surface area contributed by atoms with Gasteiger partial charge in [-0.2, -0.15) is 0 Å². The van der Waals surface area contributed by atoms with Gasteiger partial charge in [0.1, 0.15) is 0 Å². The number of hydrogen-bond acceptors (Lipinski definition) is 3. The maximum Gasteiger partial charge on any atom is 0.331 e. The summed E-state index contributed by atoms with van der Waals surface area (Å²) in [6, 6.07) is 7.42. The maximum absolute atomic E-state index is 11.8. The number of ether oxygens (including phenoxy) is 1. The number of carboxylic acid groups (broad SMARTS) is 1. The van der Waals surface area contributed by atoms with Crippen LogP contribution in [0.5, 0.6) is 0 Å². The third-order valence-corrected chi connectivity index (χ3v) is 3.62. The lowest BCUT2D eigenvalue weighted by molar-refractivity contribution is -0.147. The number of halogens is 1. The summed E-state index contributed by atoms with van der Waals surface area (Å²) in [5, 5.41) is 11.7. The molecule has 1 amide bonds. The highest BCUT2D eigenvalue weighted by Gasteiger charge is 2.43. The van der Waals surface area contributed by atoms with Gasteiger partial charge in [0, 0.05) is 23.6 Å². The minimum atomic E-state index is -1.30. The van der Waals surface area contributed by atoms with E-state index in [1.165, 1.54) is 6.08 Å². The van der Waals surface area contributed by atoms with Crippen LogP contribution >= 0.6 is 15.9 Å². The van der Waals surface area contributed by atoms with Crippen LogP contribution < -0.4 is 5.32 Å². The van der Waals surface area contributed by atoms with E-state index in [0.717, 1.165) is 10.0 Å². The Kier molecular flexibility index (Phi) is 4.57. The van der Waals surface area contributed by atoms with Gasteiger partial charge in [-0.15, -0.1) is 0 Å². The quantitative estimate of drug-likeness (QED) is 0.820. The Hall–Kier alpha value is -1.66. The molecule has 1 aromatic carbocycles. The van der Waals surface area contributed by atoms with Crippen LogP contribution in [-0.4, -0.2) is 35.7 Å². The maximum atomic E-state index is 11.8. The molecule has 20 heavy (non-hydrogen) atoms. The van der Waals surface area contributed by atoms with Crippen molar-refractivity contribution in [3.05, 3.63) is 40.4 Å². The summed E-state index contributed by atoms with van der Waals surface area (Å²) in [7, 11) is 0. The van der Waals surface area contributed by atoms with E-state index in [1.807, 2.05) is 24.3 Å². The van der Waals surface area contributed by atoms with Crippen molar-refractivity contribution in [2.45, 2.75) is 12.0 Å². The summed E-state index contributed by atoms with van der Waals surface area (Å²) >= 11 is 3.32. The highest BCUT2D eigenvalue weighted by atomic mass is 79.9. The average molecular weight is 340 g/mol. The highest BCUT2D eigenvalue weighted by molar-refractivity contribution is 9.10. The second-order valence-electron chi connectivity index (χ2n) is 4.56. The number of hydrogen-bond donors (Lipinski definition) is 2. The van der Waals surface area contributed by atoms with E-state index in [4.69, 9.17) is 4.74 Å². The van der Waals surface area contributed by atoms with Gasteiger partial charge in [0.15, 0.2) is 5.54 Å². The van der Waals surface area contributed by atoms with Gasteiger partial charge in [0.25, 0.3) is 0 Å². The first-order valence-electron chi connectivity index (χ1n) is 6.09. The monoisotopic (exact) mass is 339 g/mol. The molecule has 1 unspecified atom stereocenters. The van der Waals surface area contributed by atoms with Gasteiger partial charge in [-0.25, -0.2) is 4.79 Å². The Bertz CT molecular complexity index is 533. The molecule has 106 valence electrons. The molecule has 1 aliphatic rings. The number of carboxylic acids is 1. The van der Waals surface area contributed by atoms with Gasteiger partial charge in [-0.05, 0) is 23.8 Å². The van der Waals surface area contributed by atoms with Crippen molar-refractivity contribution in [2.75, 3.05) is 13.2 Å². The fourth-order valence-corrected chi connectivity index (χ4v) is 2.17. The van der Waals surface area contributed by atoms with Crippen molar-refractivity contribution in [2.24, 2.45) is 0 Å². The smallest absolute Gasteiger partial charge is 0.331 e. The second-order valence-corrected chi connectivity index (χ2v) is 5.48. The average Bonchev–Trinajstić information content (AvgIpc) is 2.88. The molecule has 6 heteroatoms. The molecule has 0 radical (unpaired) electrons. The van der Waals surface area contributed by atoms with Crippen molar-refractivity contribution in [1.82, 2.24) is 5.32 Å². The van der Waals surface area contributed by atoms with Crippen LogP contribution in [0.25, 0.3) is 6.08 Å². The molecule has 0 aromatic heterocycles. The zero-order valence-corrected chi connectivity index (χ0v) is 12.2. The van der Waals surface area contributed by atoms with E-state index in [2.05, 4.69) is 21.2 Å². The zero-order valence-electron chi connectivity index (χ0n) is 10.6. The van der Waals surface area contributed by atoms with Gasteiger partial charge < -0.3 is 15.2 Å². The number of benzene rings is 1. The number of carbonyl (C=O) groups is 2. The molecule has 2 N–H and O–H groups in total. The minimum absolute atomic E-state index is 0.000196. The van der Waals surface area contributed by atoms with Gasteiger partial charge in [0.05, 0.1) is 6.61 Å². The molecule has 0 saturated carbocycles. The summed E-state index contributed by atoms with van der Waals surface area (Å²) in [6.07, 6.45) is 3.24. The first kappa shape index (κ1) is 14.7.